The van der Waals surface area contributed by atoms with Gasteiger partial charge in [0.05, 0.1) is 5.56 Å². The van der Waals surface area contributed by atoms with Crippen molar-refractivity contribution in [3.05, 3.63) is 47.4 Å². The third-order valence-electron chi connectivity index (χ3n) is 2.40. The van der Waals surface area contributed by atoms with Crippen LogP contribution in [0.2, 0.25) is 0 Å². The second-order valence-electron chi connectivity index (χ2n) is 3.82. The molecule has 1 aromatic carbocycles. The van der Waals surface area contributed by atoms with Gasteiger partial charge < -0.3 is 9.84 Å². The van der Waals surface area contributed by atoms with Crippen molar-refractivity contribution in [2.24, 2.45) is 0 Å². The quantitative estimate of drug-likeness (QED) is 0.891. The fraction of sp³-hybridized carbons (Fsp3) is 0.250. The van der Waals surface area contributed by atoms with E-state index in [4.69, 9.17) is 4.52 Å². The zero-order chi connectivity index (χ0) is 13.0. The van der Waals surface area contributed by atoms with E-state index in [1.54, 1.807) is 13.0 Å². The normalized spacial score (nSPS) is 10.3. The molecule has 6 heteroatoms. The van der Waals surface area contributed by atoms with E-state index in [2.05, 4.69) is 15.5 Å². The summed E-state index contributed by atoms with van der Waals surface area (Å²) in [6, 6.07) is 4.41. The van der Waals surface area contributed by atoms with Crippen LogP contribution < -0.4 is 5.32 Å². The van der Waals surface area contributed by atoms with Crippen molar-refractivity contribution in [2.45, 2.75) is 13.3 Å². The van der Waals surface area contributed by atoms with Crippen molar-refractivity contribution in [1.82, 2.24) is 15.5 Å². The molecule has 18 heavy (non-hydrogen) atoms. The molecule has 1 N–H and O–H groups in total. The van der Waals surface area contributed by atoms with Crippen LogP contribution in [0.1, 0.15) is 21.8 Å². The molecule has 1 amide bonds. The van der Waals surface area contributed by atoms with E-state index in [0.717, 1.165) is 5.56 Å². The predicted molar refractivity (Wildman–Crippen MR) is 61.5 cm³/mol. The van der Waals surface area contributed by atoms with Gasteiger partial charge in [0.1, 0.15) is 5.82 Å². The molecular formula is C12H12FN3O2. The van der Waals surface area contributed by atoms with Gasteiger partial charge in [-0.05, 0) is 19.1 Å². The lowest BCUT2D eigenvalue weighted by atomic mass is 10.1. The second-order valence-corrected chi connectivity index (χ2v) is 3.82. The number of nitrogens with one attached hydrogen (secondary N) is 1. The number of carbonyl (C=O) groups is 1. The molecule has 5 nitrogen and oxygen atoms in total. The van der Waals surface area contributed by atoms with Gasteiger partial charge in [0.2, 0.25) is 5.89 Å². The number of halogens is 1. The fourth-order valence-corrected chi connectivity index (χ4v) is 1.50. The second kappa shape index (κ2) is 5.39. The first-order chi connectivity index (χ1) is 8.66. The zero-order valence-corrected chi connectivity index (χ0v) is 9.81. The Kier molecular flexibility index (Phi) is 3.66. The standard InChI is InChI=1S/C12H12FN3O2/c1-8-2-3-10(13)9(6-8)12(17)14-5-4-11-15-7-16-18-11/h2-3,6-7H,4-5H2,1H3,(H,14,17). The molecule has 0 radical (unpaired) electrons. The van der Waals surface area contributed by atoms with E-state index in [0.29, 0.717) is 18.9 Å². The number of amides is 1. The van der Waals surface area contributed by atoms with Crippen LogP contribution in [-0.4, -0.2) is 22.6 Å². The summed E-state index contributed by atoms with van der Waals surface area (Å²) in [6.07, 6.45) is 1.70. The maximum atomic E-state index is 13.4. The number of hydrogen-bond acceptors (Lipinski definition) is 4. The molecule has 0 spiro atoms. The maximum Gasteiger partial charge on any atom is 0.254 e. The number of hydrogen-bond donors (Lipinski definition) is 1. The molecule has 0 unspecified atom stereocenters. The van der Waals surface area contributed by atoms with E-state index in [1.807, 2.05) is 0 Å². The minimum absolute atomic E-state index is 0.0422. The third kappa shape index (κ3) is 2.91. The maximum absolute atomic E-state index is 13.4. The topological polar surface area (TPSA) is 68.0 Å². The van der Waals surface area contributed by atoms with E-state index < -0.39 is 11.7 Å². The Balaban J connectivity index is 1.93. The predicted octanol–water partition coefficient (Wildman–Crippen LogP) is 1.49. The lowest BCUT2D eigenvalue weighted by Crippen LogP contribution is -2.26. The van der Waals surface area contributed by atoms with Crippen molar-refractivity contribution in [2.75, 3.05) is 6.54 Å². The van der Waals surface area contributed by atoms with E-state index in [1.165, 1.54) is 18.5 Å². The van der Waals surface area contributed by atoms with Gasteiger partial charge in [-0.1, -0.05) is 16.8 Å². The Morgan fingerprint density at radius 1 is 1.50 bits per heavy atom. The van der Waals surface area contributed by atoms with Crippen molar-refractivity contribution < 1.29 is 13.7 Å². The zero-order valence-electron chi connectivity index (χ0n) is 9.81. The summed E-state index contributed by atoms with van der Waals surface area (Å²) in [4.78, 5) is 15.5. The van der Waals surface area contributed by atoms with Crippen LogP contribution in [0.4, 0.5) is 4.39 Å². The molecule has 94 valence electrons. The van der Waals surface area contributed by atoms with E-state index >= 15 is 0 Å². The smallest absolute Gasteiger partial charge is 0.254 e. The highest BCUT2D eigenvalue weighted by atomic mass is 19.1. The number of carbonyl (C=O) groups excluding carboxylic acids is 1. The largest absolute Gasteiger partial charge is 0.351 e. The summed E-state index contributed by atoms with van der Waals surface area (Å²) in [5, 5.41) is 6.04. The third-order valence-corrected chi connectivity index (χ3v) is 2.40. The Morgan fingerprint density at radius 3 is 3.06 bits per heavy atom. The van der Waals surface area contributed by atoms with Crippen molar-refractivity contribution in [1.29, 1.82) is 0 Å². The Bertz CT molecular complexity index is 540. The highest BCUT2D eigenvalue weighted by molar-refractivity contribution is 5.94. The lowest BCUT2D eigenvalue weighted by molar-refractivity contribution is 0.0949. The Labute approximate surface area is 103 Å². The highest BCUT2D eigenvalue weighted by Crippen LogP contribution is 2.09. The summed E-state index contributed by atoms with van der Waals surface area (Å²) in [5.41, 5.74) is 0.874. The van der Waals surface area contributed by atoms with Crippen LogP contribution in [0.5, 0.6) is 0 Å². The SMILES string of the molecule is Cc1ccc(F)c(C(=O)NCCc2ncno2)c1. The molecule has 0 aliphatic heterocycles. The van der Waals surface area contributed by atoms with Gasteiger partial charge in [-0.25, -0.2) is 4.39 Å². The number of nitrogens with zero attached hydrogens (tertiary/aromatic N) is 2. The summed E-state index contributed by atoms with van der Waals surface area (Å²) < 4.78 is 18.2. The van der Waals surface area contributed by atoms with Crippen LogP contribution in [0.25, 0.3) is 0 Å². The molecule has 0 aliphatic rings. The van der Waals surface area contributed by atoms with Gasteiger partial charge in [0, 0.05) is 13.0 Å². The van der Waals surface area contributed by atoms with Crippen LogP contribution >= 0.6 is 0 Å². The number of aryl methyl sites for hydroxylation is 1. The fourth-order valence-electron chi connectivity index (χ4n) is 1.50. The van der Waals surface area contributed by atoms with Crippen LogP contribution in [-0.2, 0) is 6.42 Å². The first-order valence-electron chi connectivity index (χ1n) is 5.46. The summed E-state index contributed by atoms with van der Waals surface area (Å²) in [7, 11) is 0. The van der Waals surface area contributed by atoms with Gasteiger partial charge in [0.25, 0.3) is 5.91 Å². The summed E-state index contributed by atoms with van der Waals surface area (Å²) >= 11 is 0. The molecule has 1 heterocycles. The van der Waals surface area contributed by atoms with Gasteiger partial charge in [-0.3, -0.25) is 4.79 Å². The Hall–Kier alpha value is -2.24. The molecular weight excluding hydrogens is 237 g/mol. The van der Waals surface area contributed by atoms with E-state index in [-0.39, 0.29) is 5.56 Å². The van der Waals surface area contributed by atoms with Crippen molar-refractivity contribution in [3.63, 3.8) is 0 Å². The first kappa shape index (κ1) is 12.2. The van der Waals surface area contributed by atoms with Crippen LogP contribution in [0.15, 0.2) is 29.0 Å². The summed E-state index contributed by atoms with van der Waals surface area (Å²) in [6.45, 7) is 2.11. The monoisotopic (exact) mass is 249 g/mol. The molecule has 0 saturated carbocycles. The van der Waals surface area contributed by atoms with Crippen molar-refractivity contribution in [3.8, 4) is 0 Å². The average Bonchev–Trinajstić information content (AvgIpc) is 2.85. The minimum Gasteiger partial charge on any atom is -0.351 e. The molecule has 0 aliphatic carbocycles. The Morgan fingerprint density at radius 2 is 2.33 bits per heavy atom. The molecule has 2 aromatic rings. The van der Waals surface area contributed by atoms with Crippen LogP contribution in [0, 0.1) is 12.7 Å². The van der Waals surface area contributed by atoms with Gasteiger partial charge in [-0.2, -0.15) is 4.98 Å². The van der Waals surface area contributed by atoms with Crippen molar-refractivity contribution >= 4 is 5.91 Å². The molecule has 0 saturated heterocycles. The summed E-state index contributed by atoms with van der Waals surface area (Å²) in [5.74, 6) is -0.549. The number of rotatable bonds is 4. The molecule has 1 aromatic heterocycles. The highest BCUT2D eigenvalue weighted by Gasteiger charge is 2.11. The molecule has 0 atom stereocenters. The average molecular weight is 249 g/mol. The van der Waals surface area contributed by atoms with Gasteiger partial charge in [0.15, 0.2) is 6.33 Å². The van der Waals surface area contributed by atoms with Gasteiger partial charge >= 0.3 is 0 Å². The number of benzene rings is 1. The minimum atomic E-state index is -0.532. The molecule has 0 bridgehead atoms. The molecule has 0 fully saturated rings. The lowest BCUT2D eigenvalue weighted by Gasteiger charge is -2.05. The van der Waals surface area contributed by atoms with E-state index in [9.17, 15) is 9.18 Å². The van der Waals surface area contributed by atoms with Gasteiger partial charge in [-0.15, -0.1) is 0 Å². The van der Waals surface area contributed by atoms with Crippen LogP contribution in [0.3, 0.4) is 0 Å². The number of aromatic nitrogens is 2. The first-order valence-corrected chi connectivity index (χ1v) is 5.46. The molecule has 2 rings (SSSR count).